The Bertz CT molecular complexity index is 2400. The van der Waals surface area contributed by atoms with Crippen LogP contribution >= 0.6 is 19.4 Å². The number of rotatable bonds is 11. The number of pyridine rings is 1. The number of amides is 1. The molecule has 1 amide bonds. The molecule has 0 aliphatic carbocycles. The van der Waals surface area contributed by atoms with Crippen LogP contribution in [0.1, 0.15) is 52.0 Å². The quantitative estimate of drug-likeness (QED) is 0.0501. The molecule has 4 aromatic rings. The number of fused-ring (bicyclic) bond motifs is 5. The lowest BCUT2D eigenvalue weighted by atomic mass is 9.95. The average Bonchev–Trinajstić information content (AvgIpc) is 3.84. The van der Waals surface area contributed by atoms with E-state index in [2.05, 4.69) is 20.5 Å². The topological polar surface area (TPSA) is 180 Å². The average molecular weight is 873 g/mol. The first-order valence-electron chi connectivity index (χ1n) is 19.6. The maximum Gasteiger partial charge on any atom is 0.524 e. The second kappa shape index (κ2) is 16.0. The highest BCUT2D eigenvalue weighted by atomic mass is 35.5. The van der Waals surface area contributed by atoms with Crippen LogP contribution in [0.15, 0.2) is 24.3 Å². The predicted molar refractivity (Wildman–Crippen MR) is 216 cm³/mol. The summed E-state index contributed by atoms with van der Waals surface area (Å²) in [6.45, 7) is 7.66. The fourth-order valence-corrected chi connectivity index (χ4v) is 14.4. The van der Waals surface area contributed by atoms with Gasteiger partial charge in [-0.1, -0.05) is 37.4 Å². The van der Waals surface area contributed by atoms with E-state index in [4.69, 9.17) is 41.7 Å². The van der Waals surface area contributed by atoms with Gasteiger partial charge >= 0.3 is 19.9 Å². The van der Waals surface area contributed by atoms with Crippen LogP contribution in [0.4, 0.5) is 19.4 Å². The van der Waals surface area contributed by atoms with Gasteiger partial charge in [-0.25, -0.2) is 23.1 Å². The molecule has 8 rings (SSSR count). The van der Waals surface area contributed by atoms with Crippen LogP contribution in [0.3, 0.4) is 0 Å². The van der Waals surface area contributed by atoms with Crippen molar-refractivity contribution in [3.05, 3.63) is 46.6 Å². The Morgan fingerprint density at radius 1 is 1.07 bits per heavy atom. The SMILES string of the molecule is C#Cc1c(F)ccc2cc(OP(=O)(O)O)cc(-c3nc(Cl)c4c(N5CC6CCC(C5)N6C(=O)OC(C)OC(O)C(C)C)nc(OC[Si]56CCCN5CCC6)nc4c3F)c12. The van der Waals surface area contributed by atoms with Crippen LogP contribution in [0.5, 0.6) is 11.8 Å². The molecule has 314 valence electrons. The first-order valence-corrected chi connectivity index (χ1v) is 24.0. The Balaban J connectivity index is 1.22. The number of hydrogen-bond donors (Lipinski definition) is 3. The number of aromatic nitrogens is 3. The first kappa shape index (κ1) is 41.5. The predicted octanol–water partition coefficient (Wildman–Crippen LogP) is 6.33. The number of phosphoric ester groups is 1. The summed E-state index contributed by atoms with van der Waals surface area (Å²) in [5.41, 5.74) is -1.08. The number of halogens is 3. The normalized spacial score (nSPS) is 21.2. The summed E-state index contributed by atoms with van der Waals surface area (Å²) in [5.74, 6) is 0.185. The number of piperazine rings is 1. The van der Waals surface area contributed by atoms with E-state index in [-0.39, 0.29) is 86.6 Å². The number of aliphatic hydroxyl groups is 1. The molecule has 2 aromatic heterocycles. The first-order chi connectivity index (χ1) is 28.1. The van der Waals surface area contributed by atoms with Crippen molar-refractivity contribution in [2.45, 2.75) is 83.2 Å². The number of hydrogen-bond acceptors (Lipinski definition) is 12. The van der Waals surface area contributed by atoms with E-state index < -0.39 is 52.1 Å². The van der Waals surface area contributed by atoms with Crippen LogP contribution in [0.25, 0.3) is 32.9 Å². The molecule has 4 aliphatic heterocycles. The lowest BCUT2D eigenvalue weighted by Gasteiger charge is -2.41. The van der Waals surface area contributed by atoms with Gasteiger partial charge in [0.15, 0.2) is 20.3 Å². The van der Waals surface area contributed by atoms with E-state index in [1.807, 2.05) is 4.90 Å². The third kappa shape index (κ3) is 7.95. The standard InChI is InChI=1S/C39H44ClF2N6O9PSi/c1-5-27-29(41)11-8-23-16-26(57-58(51,52)53)17-28(30(23)27)33-32(42)34-31(35(40)43-33)36(45-38(44-34)54-20-59-14-6-12-47(59)13-7-15-59)46-18-24-9-10-25(19-46)48(24)39(50)56-22(4)55-37(49)21(2)3/h1,8,11,16-17,21-22,24-25,37,49H,6-7,9-10,12-15,18-20H2,2-4H3,(H2,51,52,53). The minimum atomic E-state index is -5.10. The fraction of sp³-hybridized carbons (Fsp3) is 0.487. The smallest absolute Gasteiger partial charge is 0.465 e. The number of phosphoric acid groups is 1. The molecule has 59 heavy (non-hydrogen) atoms. The lowest BCUT2D eigenvalue weighted by molar-refractivity contribution is -0.217. The molecular weight excluding hydrogens is 829 g/mol. The Kier molecular flexibility index (Phi) is 11.3. The van der Waals surface area contributed by atoms with Crippen molar-refractivity contribution in [2.75, 3.05) is 37.3 Å². The lowest BCUT2D eigenvalue weighted by Crippen LogP contribution is -2.56. The summed E-state index contributed by atoms with van der Waals surface area (Å²) in [7, 11) is -7.06. The number of terminal acetylenes is 1. The van der Waals surface area contributed by atoms with Crippen molar-refractivity contribution >= 4 is 61.2 Å². The van der Waals surface area contributed by atoms with Crippen molar-refractivity contribution in [3.63, 3.8) is 0 Å². The van der Waals surface area contributed by atoms with Crippen molar-refractivity contribution < 1.29 is 51.8 Å². The van der Waals surface area contributed by atoms with E-state index in [0.717, 1.165) is 50.2 Å². The molecule has 2 aromatic carbocycles. The Hall–Kier alpha value is -4.18. The molecule has 4 unspecified atom stereocenters. The largest absolute Gasteiger partial charge is 0.524 e. The van der Waals surface area contributed by atoms with Crippen LogP contribution in [0, 0.1) is 29.9 Å². The van der Waals surface area contributed by atoms with Gasteiger partial charge in [-0.05, 0) is 81.4 Å². The Morgan fingerprint density at radius 2 is 1.76 bits per heavy atom. The molecule has 0 spiro atoms. The van der Waals surface area contributed by atoms with E-state index >= 15 is 8.78 Å². The summed E-state index contributed by atoms with van der Waals surface area (Å²) in [6.07, 6.45) is 6.89. The zero-order valence-corrected chi connectivity index (χ0v) is 35.3. The zero-order valence-electron chi connectivity index (χ0n) is 32.6. The highest BCUT2D eigenvalue weighted by Gasteiger charge is 2.48. The third-order valence-corrected chi connectivity index (χ3v) is 17.6. The zero-order chi connectivity index (χ0) is 42.0. The Labute approximate surface area is 344 Å². The number of carbonyl (C=O) groups is 1. The molecular formula is C39H44ClF2N6O9PSi. The molecule has 6 heterocycles. The number of benzene rings is 2. The number of ether oxygens (including phenoxy) is 3. The van der Waals surface area contributed by atoms with Gasteiger partial charge in [-0.15, -0.1) is 6.42 Å². The molecule has 0 saturated carbocycles. The maximum atomic E-state index is 17.4. The number of aliphatic hydroxyl groups excluding tert-OH is 1. The summed E-state index contributed by atoms with van der Waals surface area (Å²) in [5, 5.41) is 10.2. The summed E-state index contributed by atoms with van der Waals surface area (Å²) in [6, 6.07) is 6.16. The van der Waals surface area contributed by atoms with Gasteiger partial charge in [0.25, 0.3) is 0 Å². The van der Waals surface area contributed by atoms with Gasteiger partial charge in [0.1, 0.15) is 33.7 Å². The van der Waals surface area contributed by atoms with Crippen LogP contribution in [-0.2, 0) is 14.0 Å². The van der Waals surface area contributed by atoms with E-state index in [1.165, 1.54) is 12.1 Å². The molecule has 4 aliphatic rings. The number of nitrogens with zero attached hydrogens (tertiary/aromatic N) is 6. The van der Waals surface area contributed by atoms with Crippen molar-refractivity contribution in [3.8, 4) is 35.4 Å². The highest BCUT2D eigenvalue weighted by molar-refractivity contribution is 7.46. The van der Waals surface area contributed by atoms with E-state index in [1.54, 1.807) is 25.7 Å². The molecule has 0 radical (unpaired) electrons. The molecule has 4 fully saturated rings. The van der Waals surface area contributed by atoms with Crippen molar-refractivity contribution in [1.82, 2.24) is 24.4 Å². The van der Waals surface area contributed by atoms with Gasteiger partial charge < -0.3 is 33.3 Å². The van der Waals surface area contributed by atoms with Crippen LogP contribution in [-0.4, -0.2) is 111 Å². The molecule has 2 bridgehead atoms. The summed E-state index contributed by atoms with van der Waals surface area (Å²) >= 11 is 6.99. The van der Waals surface area contributed by atoms with Gasteiger partial charge in [-0.2, -0.15) is 9.97 Å². The van der Waals surface area contributed by atoms with E-state index in [9.17, 15) is 24.3 Å². The molecule has 3 N–H and O–H groups in total. The van der Waals surface area contributed by atoms with Crippen molar-refractivity contribution in [2.24, 2.45) is 5.92 Å². The highest BCUT2D eigenvalue weighted by Crippen LogP contribution is 2.45. The van der Waals surface area contributed by atoms with E-state index in [0.29, 0.717) is 19.1 Å². The van der Waals surface area contributed by atoms with Gasteiger partial charge in [0, 0.05) is 30.0 Å². The van der Waals surface area contributed by atoms with Gasteiger partial charge in [-0.3, -0.25) is 14.7 Å². The number of carbonyl (C=O) groups excluding carboxylic acids is 1. The van der Waals surface area contributed by atoms with Crippen LogP contribution < -0.4 is 14.2 Å². The van der Waals surface area contributed by atoms with Gasteiger partial charge in [0.2, 0.25) is 6.29 Å². The molecule has 4 saturated heterocycles. The minimum Gasteiger partial charge on any atom is -0.465 e. The number of anilines is 1. The third-order valence-electron chi connectivity index (χ3n) is 11.8. The fourth-order valence-electron chi connectivity index (χ4n) is 9.11. The maximum absolute atomic E-state index is 17.4. The second-order valence-electron chi connectivity index (χ2n) is 16.0. The minimum absolute atomic E-state index is 0.0313. The monoisotopic (exact) mass is 872 g/mol. The summed E-state index contributed by atoms with van der Waals surface area (Å²) < 4.78 is 69.4. The molecule has 20 heteroatoms. The van der Waals surface area contributed by atoms with Crippen molar-refractivity contribution in [1.29, 1.82) is 0 Å². The van der Waals surface area contributed by atoms with Crippen LogP contribution in [0.2, 0.25) is 17.2 Å². The Morgan fingerprint density at radius 3 is 2.41 bits per heavy atom. The molecule has 15 nitrogen and oxygen atoms in total. The second-order valence-corrected chi connectivity index (χ2v) is 21.9. The summed E-state index contributed by atoms with van der Waals surface area (Å²) in [4.78, 5) is 50.2. The molecule has 4 atom stereocenters. The van der Waals surface area contributed by atoms with Gasteiger partial charge in [0.05, 0.1) is 29.3 Å².